The Morgan fingerprint density at radius 3 is 2.79 bits per heavy atom. The first-order valence-corrected chi connectivity index (χ1v) is 7.04. The molecule has 0 N–H and O–H groups in total. The Labute approximate surface area is 113 Å². The van der Waals surface area contributed by atoms with Gasteiger partial charge in [0, 0.05) is 6.07 Å². The highest BCUT2D eigenvalue weighted by Gasteiger charge is 2.10. The summed E-state index contributed by atoms with van der Waals surface area (Å²) in [6.45, 7) is 2.51. The molecule has 0 amide bonds. The molecule has 1 aliphatic rings. The summed E-state index contributed by atoms with van der Waals surface area (Å²) in [7, 11) is 0. The summed E-state index contributed by atoms with van der Waals surface area (Å²) in [5, 5.41) is 3.96. The number of benzene rings is 1. The Balaban J connectivity index is 1.66. The minimum Gasteiger partial charge on any atom is -0.486 e. The molecule has 1 heterocycles. The van der Waals surface area contributed by atoms with Gasteiger partial charge in [-0.2, -0.15) is 0 Å². The van der Waals surface area contributed by atoms with Gasteiger partial charge in [-0.3, -0.25) is 0 Å². The third kappa shape index (κ3) is 2.80. The summed E-state index contributed by atoms with van der Waals surface area (Å²) < 4.78 is 11.0. The maximum absolute atomic E-state index is 5.78. The van der Waals surface area contributed by atoms with Crippen molar-refractivity contribution >= 4 is 0 Å². The van der Waals surface area contributed by atoms with E-state index in [1.165, 1.54) is 36.8 Å². The van der Waals surface area contributed by atoms with Crippen LogP contribution in [0.5, 0.6) is 5.75 Å². The van der Waals surface area contributed by atoms with Crippen molar-refractivity contribution in [2.45, 2.75) is 45.6 Å². The smallest absolute Gasteiger partial charge is 0.174 e. The van der Waals surface area contributed by atoms with Crippen molar-refractivity contribution in [3.8, 4) is 5.75 Å². The van der Waals surface area contributed by atoms with E-state index in [-0.39, 0.29) is 0 Å². The molecule has 0 radical (unpaired) electrons. The zero-order chi connectivity index (χ0) is 13.1. The van der Waals surface area contributed by atoms with E-state index in [1.54, 1.807) is 0 Å². The van der Waals surface area contributed by atoms with E-state index in [0.717, 1.165) is 23.6 Å². The lowest BCUT2D eigenvalue weighted by Crippen LogP contribution is -2.03. The lowest BCUT2D eigenvalue weighted by molar-refractivity contribution is 0.248. The highest BCUT2D eigenvalue weighted by Crippen LogP contribution is 2.25. The molecule has 0 atom stereocenters. The van der Waals surface area contributed by atoms with Gasteiger partial charge in [0.15, 0.2) is 5.76 Å². The number of fused-ring (bicyclic) bond motifs is 1. The molecular weight excluding hydrogens is 238 g/mol. The fraction of sp³-hybridized carbons (Fsp3) is 0.438. The van der Waals surface area contributed by atoms with Gasteiger partial charge in [-0.25, -0.2) is 0 Å². The Morgan fingerprint density at radius 2 is 2.00 bits per heavy atom. The van der Waals surface area contributed by atoms with E-state index in [4.69, 9.17) is 9.26 Å². The van der Waals surface area contributed by atoms with E-state index in [2.05, 4.69) is 30.3 Å². The van der Waals surface area contributed by atoms with Gasteiger partial charge in [0.1, 0.15) is 12.4 Å². The van der Waals surface area contributed by atoms with Crippen LogP contribution in [0.1, 0.15) is 42.3 Å². The van der Waals surface area contributed by atoms with Gasteiger partial charge in [0.05, 0.1) is 5.69 Å². The van der Waals surface area contributed by atoms with Gasteiger partial charge in [0.25, 0.3) is 0 Å². The first kappa shape index (κ1) is 12.3. The van der Waals surface area contributed by atoms with E-state index in [9.17, 15) is 0 Å². The predicted molar refractivity (Wildman–Crippen MR) is 73.3 cm³/mol. The van der Waals surface area contributed by atoms with Crippen molar-refractivity contribution in [3.05, 3.63) is 46.8 Å². The maximum Gasteiger partial charge on any atom is 0.174 e. The molecule has 0 unspecified atom stereocenters. The summed E-state index contributed by atoms with van der Waals surface area (Å²) in [4.78, 5) is 0. The molecule has 0 aliphatic heterocycles. The average molecular weight is 257 g/mol. The van der Waals surface area contributed by atoms with Crippen LogP contribution in [-0.2, 0) is 25.9 Å². The van der Waals surface area contributed by atoms with Crippen LogP contribution >= 0.6 is 0 Å². The van der Waals surface area contributed by atoms with Crippen molar-refractivity contribution in [1.82, 2.24) is 5.16 Å². The predicted octanol–water partition coefficient (Wildman–Crippen LogP) is 3.69. The zero-order valence-electron chi connectivity index (χ0n) is 11.3. The molecule has 1 aromatic heterocycles. The first-order chi connectivity index (χ1) is 9.35. The molecular formula is C16H19NO2. The SMILES string of the molecule is CCc1cc(COc2ccc3c(c2)CCCC3)on1. The van der Waals surface area contributed by atoms with Crippen LogP contribution in [0.15, 0.2) is 28.8 Å². The first-order valence-electron chi connectivity index (χ1n) is 7.04. The number of rotatable bonds is 4. The summed E-state index contributed by atoms with van der Waals surface area (Å²) in [6.07, 6.45) is 5.87. The molecule has 1 aliphatic carbocycles. The molecule has 100 valence electrons. The Hall–Kier alpha value is -1.77. The van der Waals surface area contributed by atoms with Crippen molar-refractivity contribution in [1.29, 1.82) is 0 Å². The number of aromatic nitrogens is 1. The van der Waals surface area contributed by atoms with Gasteiger partial charge in [-0.1, -0.05) is 18.1 Å². The molecule has 3 heteroatoms. The van der Waals surface area contributed by atoms with Crippen LogP contribution < -0.4 is 4.74 Å². The van der Waals surface area contributed by atoms with Crippen molar-refractivity contribution in [2.24, 2.45) is 0 Å². The van der Waals surface area contributed by atoms with Gasteiger partial charge < -0.3 is 9.26 Å². The van der Waals surface area contributed by atoms with Crippen LogP contribution in [0.25, 0.3) is 0 Å². The second kappa shape index (κ2) is 5.47. The lowest BCUT2D eigenvalue weighted by Gasteiger charge is -2.16. The second-order valence-electron chi connectivity index (χ2n) is 5.06. The van der Waals surface area contributed by atoms with Crippen LogP contribution in [-0.4, -0.2) is 5.16 Å². The van der Waals surface area contributed by atoms with E-state index >= 15 is 0 Å². The number of nitrogens with zero attached hydrogens (tertiary/aromatic N) is 1. The summed E-state index contributed by atoms with van der Waals surface area (Å²) in [6, 6.07) is 8.38. The molecule has 19 heavy (non-hydrogen) atoms. The Bertz CT molecular complexity index is 560. The van der Waals surface area contributed by atoms with Crippen molar-refractivity contribution < 1.29 is 9.26 Å². The molecule has 0 bridgehead atoms. The number of hydrogen-bond donors (Lipinski definition) is 0. The quantitative estimate of drug-likeness (QED) is 0.837. The van der Waals surface area contributed by atoms with Crippen molar-refractivity contribution in [2.75, 3.05) is 0 Å². The molecule has 3 rings (SSSR count). The zero-order valence-corrected chi connectivity index (χ0v) is 11.3. The second-order valence-corrected chi connectivity index (χ2v) is 5.06. The number of hydrogen-bond acceptors (Lipinski definition) is 3. The van der Waals surface area contributed by atoms with Crippen LogP contribution in [0.4, 0.5) is 0 Å². The molecule has 2 aromatic rings. The van der Waals surface area contributed by atoms with Gasteiger partial charge in [0.2, 0.25) is 0 Å². The fourth-order valence-corrected chi connectivity index (χ4v) is 2.54. The molecule has 0 fully saturated rings. The largest absolute Gasteiger partial charge is 0.486 e. The van der Waals surface area contributed by atoms with E-state index < -0.39 is 0 Å². The van der Waals surface area contributed by atoms with Crippen LogP contribution in [0, 0.1) is 0 Å². The molecule has 0 saturated carbocycles. The normalized spacial score (nSPS) is 14.2. The van der Waals surface area contributed by atoms with Gasteiger partial charge in [-0.05, 0) is 55.4 Å². The summed E-state index contributed by atoms with van der Waals surface area (Å²) in [5.41, 5.74) is 3.89. The summed E-state index contributed by atoms with van der Waals surface area (Å²) >= 11 is 0. The maximum atomic E-state index is 5.78. The van der Waals surface area contributed by atoms with Crippen molar-refractivity contribution in [3.63, 3.8) is 0 Å². The third-order valence-electron chi connectivity index (χ3n) is 3.67. The molecule has 0 saturated heterocycles. The molecule has 0 spiro atoms. The Morgan fingerprint density at radius 1 is 1.16 bits per heavy atom. The third-order valence-corrected chi connectivity index (χ3v) is 3.67. The highest BCUT2D eigenvalue weighted by atomic mass is 16.5. The summed E-state index contributed by atoms with van der Waals surface area (Å²) in [5.74, 6) is 1.71. The minimum absolute atomic E-state index is 0.450. The minimum atomic E-state index is 0.450. The lowest BCUT2D eigenvalue weighted by atomic mass is 9.92. The Kier molecular flexibility index (Phi) is 3.53. The van der Waals surface area contributed by atoms with E-state index in [1.807, 2.05) is 6.07 Å². The topological polar surface area (TPSA) is 35.3 Å². The van der Waals surface area contributed by atoms with Crippen LogP contribution in [0.2, 0.25) is 0 Å². The number of aryl methyl sites for hydroxylation is 3. The standard InChI is InChI=1S/C16H19NO2/c1-2-14-10-16(19-17-14)11-18-15-8-7-12-5-3-4-6-13(12)9-15/h7-10H,2-6,11H2,1H3. The molecule has 1 aromatic carbocycles. The highest BCUT2D eigenvalue weighted by molar-refractivity contribution is 5.37. The monoisotopic (exact) mass is 257 g/mol. The number of ether oxygens (including phenoxy) is 1. The van der Waals surface area contributed by atoms with Crippen LogP contribution in [0.3, 0.4) is 0 Å². The average Bonchev–Trinajstić information content (AvgIpc) is 2.93. The van der Waals surface area contributed by atoms with E-state index in [0.29, 0.717) is 6.61 Å². The van der Waals surface area contributed by atoms with Gasteiger partial charge in [-0.15, -0.1) is 0 Å². The molecule has 3 nitrogen and oxygen atoms in total. The van der Waals surface area contributed by atoms with Gasteiger partial charge >= 0.3 is 0 Å². The fourth-order valence-electron chi connectivity index (χ4n) is 2.54.